The summed E-state index contributed by atoms with van der Waals surface area (Å²) in [6.07, 6.45) is -3.47. The first-order chi connectivity index (χ1) is 16.4. The van der Waals surface area contributed by atoms with Crippen molar-refractivity contribution in [1.82, 2.24) is 0 Å². The highest BCUT2D eigenvalue weighted by Gasteiger charge is 2.63. The molecule has 0 spiro atoms. The smallest absolute Gasteiger partial charge is 0.397 e. The monoisotopic (exact) mass is 476 g/mol. The Morgan fingerprint density at radius 1 is 1.22 bits per heavy atom. The van der Waals surface area contributed by atoms with Gasteiger partial charge in [-0.05, 0) is 104 Å². The lowest BCUT2D eigenvalue weighted by atomic mass is 9.43. The number of aliphatic hydroxyl groups excluding tert-OH is 1. The molecule has 0 aromatic carbocycles. The van der Waals surface area contributed by atoms with Crippen molar-refractivity contribution >= 4 is 16.4 Å². The summed E-state index contributed by atoms with van der Waals surface area (Å²) in [7, 11) is -5.06. The molecule has 10 atom stereocenters. The Kier molecular flexibility index (Phi) is 5.21. The van der Waals surface area contributed by atoms with Crippen LogP contribution in [0.5, 0.6) is 0 Å². The fourth-order valence-corrected chi connectivity index (χ4v) is 8.57. The van der Waals surface area contributed by atoms with Crippen LogP contribution in [-0.4, -0.2) is 41.4 Å². The highest BCUT2D eigenvalue weighted by atomic mass is 32.3. The minimum absolute atomic E-state index is 0.0945. The molecule has 0 saturated heterocycles. The number of aliphatic carboxylic acids is 1. The molecule has 0 radical (unpaired) electrons. The van der Waals surface area contributed by atoms with E-state index in [1.54, 1.807) is 0 Å². The van der Waals surface area contributed by atoms with Crippen LogP contribution in [0.1, 0.15) is 90.4 Å². The maximum atomic E-state index is 11.6. The molecule has 4 rings (SSSR count). The molecule has 184 valence electrons. The van der Waals surface area contributed by atoms with E-state index in [1.165, 1.54) is 0 Å². The van der Waals surface area contributed by atoms with Crippen LogP contribution >= 0.6 is 0 Å². The van der Waals surface area contributed by atoms with E-state index in [4.69, 9.17) is 10.6 Å². The van der Waals surface area contributed by atoms with Gasteiger partial charge in [0.15, 0.2) is 0 Å². The van der Waals surface area contributed by atoms with Crippen LogP contribution < -0.4 is 0 Å². The average molecular weight is 477 g/mol. The quantitative estimate of drug-likeness (QED) is 0.489. The molecule has 0 aliphatic heterocycles. The molecule has 4 saturated carbocycles. The van der Waals surface area contributed by atoms with E-state index >= 15 is 0 Å². The summed E-state index contributed by atoms with van der Waals surface area (Å²) in [6, 6.07) is 0. The van der Waals surface area contributed by atoms with E-state index in [2.05, 4.69) is 18.0 Å². The Hall–Kier alpha value is -0.700. The topological polar surface area (TPSA) is 121 Å². The number of carboxylic acid groups (broad SMARTS) is 1. The van der Waals surface area contributed by atoms with Gasteiger partial charge in [-0.15, -0.1) is 0 Å². The van der Waals surface area contributed by atoms with Gasteiger partial charge < -0.3 is 10.2 Å². The fraction of sp³-hybridized carbons (Fsp3) is 0.958. The summed E-state index contributed by atoms with van der Waals surface area (Å²) in [5.74, 6) is -0.995. The van der Waals surface area contributed by atoms with Gasteiger partial charge in [0, 0.05) is 11.9 Å². The standard InChI is InChI=1S/C24H40O7S/c1-14(4-9-22(26)27)18-7-8-19-17-6-5-15-12-16(31-32(28,29)30)10-11-23(15,2)20(17)13-21(25)24(18,19)3/h14-21,25H,4-13H2,1-3H3,(H,26,27)(H,28,29,30)/t14-,15-,16-,17?,18?,19?,20?,21+,23+,24-/m1/s1/i10D2,12D2. The van der Waals surface area contributed by atoms with Gasteiger partial charge in [-0.3, -0.25) is 9.35 Å². The zero-order chi connectivity index (χ0) is 27.1. The number of hydrogen-bond donors (Lipinski definition) is 3. The van der Waals surface area contributed by atoms with Crippen molar-refractivity contribution in [1.29, 1.82) is 0 Å². The second-order valence-corrected chi connectivity index (χ2v) is 12.2. The second kappa shape index (κ2) is 8.51. The molecule has 0 aromatic rings. The van der Waals surface area contributed by atoms with E-state index in [0.717, 1.165) is 12.8 Å². The number of fused-ring (bicyclic) bond motifs is 5. The van der Waals surface area contributed by atoms with Crippen molar-refractivity contribution in [3.05, 3.63) is 0 Å². The average Bonchev–Trinajstić information content (AvgIpc) is 3.08. The maximum Gasteiger partial charge on any atom is 0.397 e. The lowest BCUT2D eigenvalue weighted by Gasteiger charge is -2.62. The van der Waals surface area contributed by atoms with Crippen LogP contribution in [0.15, 0.2) is 0 Å². The van der Waals surface area contributed by atoms with E-state index < -0.39 is 52.7 Å². The SMILES string of the molecule is [2H]C1([2H])C[C@]2(C)C3C[C@H](O)[C@@]4(C)C(CCC4[C@H](C)CCC(=O)O)C3CC[C@@H]2C([2H])([2H])[C@@H]1OS(=O)(=O)O. The Bertz CT molecular complexity index is 991. The molecule has 4 aliphatic rings. The molecule has 7 nitrogen and oxygen atoms in total. The van der Waals surface area contributed by atoms with Crippen LogP contribution in [0.25, 0.3) is 0 Å². The first kappa shape index (κ1) is 19.6. The Morgan fingerprint density at radius 2 is 1.94 bits per heavy atom. The molecule has 4 fully saturated rings. The van der Waals surface area contributed by atoms with Gasteiger partial charge in [0.1, 0.15) is 0 Å². The summed E-state index contributed by atoms with van der Waals surface area (Å²) in [6.45, 7) is 6.07. The third-order valence-corrected chi connectivity index (χ3v) is 10.2. The summed E-state index contributed by atoms with van der Waals surface area (Å²) < 4.78 is 71.5. The number of aliphatic hydroxyl groups is 1. The molecular weight excluding hydrogens is 432 g/mol. The predicted molar refractivity (Wildman–Crippen MR) is 119 cm³/mol. The third kappa shape index (κ3) is 4.14. The predicted octanol–water partition coefficient (Wildman–Crippen LogP) is 4.31. The molecule has 0 bridgehead atoms. The number of carbonyl (C=O) groups is 1. The number of hydrogen-bond acceptors (Lipinski definition) is 5. The minimum atomic E-state index is -5.06. The fourth-order valence-electron chi connectivity index (χ4n) is 8.20. The first-order valence-electron chi connectivity index (χ1n) is 13.9. The lowest BCUT2D eigenvalue weighted by molar-refractivity contribution is -0.174. The third-order valence-electron chi connectivity index (χ3n) is 9.79. The van der Waals surface area contributed by atoms with E-state index in [0.29, 0.717) is 25.7 Å². The van der Waals surface area contributed by atoms with Gasteiger partial charge in [0.05, 0.1) is 12.2 Å². The zero-order valence-corrected chi connectivity index (χ0v) is 20.0. The van der Waals surface area contributed by atoms with E-state index in [-0.39, 0.29) is 47.8 Å². The molecule has 0 aromatic heterocycles. The van der Waals surface area contributed by atoms with E-state index in [9.17, 15) is 22.9 Å². The van der Waals surface area contributed by atoms with Gasteiger partial charge in [-0.2, -0.15) is 8.42 Å². The molecular formula is C24H40O7S. The van der Waals surface area contributed by atoms with Crippen molar-refractivity contribution in [3.8, 4) is 0 Å². The second-order valence-electron chi connectivity index (χ2n) is 11.2. The van der Waals surface area contributed by atoms with Crippen molar-refractivity contribution in [2.75, 3.05) is 0 Å². The van der Waals surface area contributed by atoms with Gasteiger partial charge in [-0.1, -0.05) is 20.8 Å². The van der Waals surface area contributed by atoms with Gasteiger partial charge in [0.2, 0.25) is 0 Å². The molecule has 4 aliphatic carbocycles. The summed E-state index contributed by atoms with van der Waals surface area (Å²) in [5, 5.41) is 20.7. The Balaban J connectivity index is 1.65. The largest absolute Gasteiger partial charge is 0.481 e. The summed E-state index contributed by atoms with van der Waals surface area (Å²) in [4.78, 5) is 11.1. The molecule has 32 heavy (non-hydrogen) atoms. The molecule has 3 N–H and O–H groups in total. The van der Waals surface area contributed by atoms with Crippen LogP contribution in [-0.2, 0) is 19.4 Å². The van der Waals surface area contributed by atoms with Crippen molar-refractivity contribution < 1.29 is 37.6 Å². The van der Waals surface area contributed by atoms with Gasteiger partial charge in [-0.25, -0.2) is 4.18 Å². The molecule has 4 unspecified atom stereocenters. The summed E-state index contributed by atoms with van der Waals surface area (Å²) >= 11 is 0. The number of carboxylic acids is 1. The van der Waals surface area contributed by atoms with Crippen molar-refractivity contribution in [2.45, 2.75) is 97.1 Å². The first-order valence-corrected chi connectivity index (χ1v) is 13.3. The van der Waals surface area contributed by atoms with Gasteiger partial charge >= 0.3 is 16.4 Å². The molecule has 8 heteroatoms. The minimum Gasteiger partial charge on any atom is -0.481 e. The van der Waals surface area contributed by atoms with E-state index in [1.807, 2.05) is 6.92 Å². The van der Waals surface area contributed by atoms with Crippen LogP contribution in [0.3, 0.4) is 0 Å². The maximum absolute atomic E-state index is 11.6. The lowest BCUT2D eigenvalue weighted by Crippen LogP contribution is -2.59. The Morgan fingerprint density at radius 3 is 2.59 bits per heavy atom. The Labute approximate surface area is 197 Å². The van der Waals surface area contributed by atoms with Crippen LogP contribution in [0.2, 0.25) is 0 Å². The zero-order valence-electron chi connectivity index (χ0n) is 23.2. The molecule has 0 amide bonds. The normalized spacial score (nSPS) is 52.2. The number of rotatable bonds is 6. The van der Waals surface area contributed by atoms with Crippen molar-refractivity contribution in [3.63, 3.8) is 0 Å². The van der Waals surface area contributed by atoms with Crippen LogP contribution in [0, 0.1) is 46.3 Å². The van der Waals surface area contributed by atoms with Gasteiger partial charge in [0.25, 0.3) is 0 Å². The highest BCUT2D eigenvalue weighted by Crippen LogP contribution is 2.68. The summed E-state index contributed by atoms with van der Waals surface area (Å²) in [5.41, 5.74) is -1.21. The molecule has 0 heterocycles. The van der Waals surface area contributed by atoms with Crippen LogP contribution in [0.4, 0.5) is 0 Å². The highest BCUT2D eigenvalue weighted by molar-refractivity contribution is 7.80. The van der Waals surface area contributed by atoms with Crippen molar-refractivity contribution in [2.24, 2.45) is 46.3 Å².